The van der Waals surface area contributed by atoms with Gasteiger partial charge in [-0.3, -0.25) is 9.11 Å². The highest BCUT2D eigenvalue weighted by molar-refractivity contribution is 7.95. The van der Waals surface area contributed by atoms with Gasteiger partial charge in [0.1, 0.15) is 11.4 Å². The third-order valence-corrected chi connectivity index (χ3v) is 16.6. The van der Waals surface area contributed by atoms with Crippen molar-refractivity contribution in [2.75, 3.05) is 83.7 Å². The van der Waals surface area contributed by atoms with E-state index in [1.807, 2.05) is 0 Å². The first-order valence-electron chi connectivity index (χ1n) is 28.2. The van der Waals surface area contributed by atoms with Gasteiger partial charge in [0, 0.05) is 48.3 Å². The number of aliphatic hydroxyl groups excluding tert-OH is 4. The highest BCUT2D eigenvalue weighted by Crippen LogP contribution is 2.50. The Kier molecular flexibility index (Phi) is 24.1. The number of aromatic nitrogens is 6. The third-order valence-electron chi connectivity index (χ3n) is 13.7. The number of carboxylic acid groups (broad SMARTS) is 4. The number of aromatic hydroxyl groups is 2. The average molecular weight is 1490 g/mol. The highest BCUT2D eigenvalue weighted by atomic mass is 32.2. The van der Waals surface area contributed by atoms with Crippen LogP contribution in [0.1, 0.15) is 41.4 Å². The van der Waals surface area contributed by atoms with E-state index in [9.17, 15) is 96.2 Å². The van der Waals surface area contributed by atoms with Crippen molar-refractivity contribution in [3.63, 3.8) is 0 Å². The first kappa shape index (κ1) is 74.9. The number of hydrogen-bond acceptors (Lipinski definition) is 38. The minimum atomic E-state index is -5.10. The second kappa shape index (κ2) is 32.8. The van der Waals surface area contributed by atoms with Gasteiger partial charge in [0.05, 0.1) is 115 Å². The van der Waals surface area contributed by atoms with Crippen molar-refractivity contribution in [1.29, 1.82) is 0 Å². The molecule has 0 fully saturated rings. The monoisotopic (exact) mass is 1490 g/mol. The molecule has 0 unspecified atom stereocenters. The summed E-state index contributed by atoms with van der Waals surface area (Å²) >= 11 is 0.379. The number of carboxylic acids is 4. The second-order valence-electron chi connectivity index (χ2n) is 20.4. The zero-order valence-corrected chi connectivity index (χ0v) is 54.3. The Labute approximate surface area is 578 Å². The molecule has 0 amide bonds. The molecule has 0 atom stereocenters. The number of fused-ring (bicyclic) bond motifs is 2. The minimum Gasteiger partial charge on any atom is -0.505 e. The Morgan fingerprint density at radius 1 is 0.441 bits per heavy atom. The molecule has 46 heteroatoms. The standard InChI is InChI=1S/C56H50N16O26S4/c73-9-5-71(6-10-74)55-63-51(61-53(65-55)59-37-23-35(101(89,90)91)19-25-21-39(99-97-95-87)43(45(77)41(25)37)69-67-33-15-27(47(79)80)13-28(16-33)48(81)82)57-31-1-2-32(4-3-31)58-52-62-54(66-56(64-52)72(7-11-75)8-12-76)60-38-24-36(102(92,93)94)20-26-22-40(100-98-96-88)44(46(78)42(26)38)70-68-34-17-29(49(83)84)14-30(18-34)50(85)86/h1-4,13-24,73-78,87-88H,5-12H2,(H,79,80)(H,81,82)(H,83,84)(H,85,86)(H,89,90,91)(H,92,93,94)(H2,57,59,61,63,65)(H2,58,60,62,64,66). The third kappa shape index (κ3) is 18.4. The van der Waals surface area contributed by atoms with Crippen LogP contribution >= 0.6 is 24.1 Å². The number of nitrogens with one attached hydrogen (secondary N) is 4. The molecule has 9 rings (SSSR count). The Balaban J connectivity index is 1.10. The summed E-state index contributed by atoms with van der Waals surface area (Å²) in [6.07, 6.45) is 0. The number of hydrogen-bond donors (Lipinski definition) is 18. The van der Waals surface area contributed by atoms with Crippen molar-refractivity contribution in [3.05, 3.63) is 119 Å². The van der Waals surface area contributed by atoms with Crippen LogP contribution in [0.2, 0.25) is 0 Å². The van der Waals surface area contributed by atoms with E-state index < -0.39 is 137 Å². The fraction of sp³-hybridized carbons (Fsp3) is 0.143. The number of phenols is 2. The molecule has 0 radical (unpaired) electrons. The molecular formula is C56H50N16O26S4. The van der Waals surface area contributed by atoms with E-state index in [-0.39, 0.29) is 140 Å². The number of rotatable bonds is 34. The molecule has 0 aliphatic heterocycles. The lowest BCUT2D eigenvalue weighted by Gasteiger charge is -2.22. The van der Waals surface area contributed by atoms with Crippen LogP contribution in [0.5, 0.6) is 11.5 Å². The van der Waals surface area contributed by atoms with Gasteiger partial charge in [0.25, 0.3) is 20.2 Å². The smallest absolute Gasteiger partial charge is 0.335 e. The van der Waals surface area contributed by atoms with Crippen LogP contribution < -0.4 is 31.1 Å². The van der Waals surface area contributed by atoms with Gasteiger partial charge in [-0.05, 0) is 108 Å². The number of azo groups is 2. The summed E-state index contributed by atoms with van der Waals surface area (Å²) in [5.74, 6) is -9.78. The molecule has 42 nitrogen and oxygen atoms in total. The largest absolute Gasteiger partial charge is 0.505 e. The Hall–Kier alpha value is -11.3. The van der Waals surface area contributed by atoms with Gasteiger partial charge in [0.15, 0.2) is 11.5 Å². The summed E-state index contributed by atoms with van der Waals surface area (Å²) in [5, 5.41) is 155. The normalized spacial score (nSPS) is 11.8. The first-order chi connectivity index (χ1) is 48.6. The number of aliphatic hydroxyl groups is 4. The van der Waals surface area contributed by atoms with E-state index in [0.29, 0.717) is 0 Å². The molecule has 102 heavy (non-hydrogen) atoms. The number of aromatic carboxylic acids is 4. The maximum Gasteiger partial charge on any atom is 0.335 e. The zero-order chi connectivity index (χ0) is 73.7. The van der Waals surface area contributed by atoms with Crippen LogP contribution in [0.25, 0.3) is 21.5 Å². The van der Waals surface area contributed by atoms with Gasteiger partial charge in [0.2, 0.25) is 35.7 Å². The molecule has 0 saturated carbocycles. The molecule has 0 bridgehead atoms. The van der Waals surface area contributed by atoms with Gasteiger partial charge >= 0.3 is 23.9 Å². The molecule has 2 heterocycles. The van der Waals surface area contributed by atoms with Gasteiger partial charge in [-0.2, -0.15) is 57.0 Å². The quantitative estimate of drug-likeness (QED) is 0.00618. The topological polar surface area (TPSA) is 638 Å². The molecular weight excluding hydrogens is 1440 g/mol. The summed E-state index contributed by atoms with van der Waals surface area (Å²) in [4.78, 5) is 74.6. The number of anilines is 10. The molecule has 0 aliphatic carbocycles. The molecule has 0 saturated heterocycles. The molecule has 7 aromatic carbocycles. The maximum absolute atomic E-state index is 12.8. The number of phenolic OH excluding ortho intramolecular Hbond substituents is 2. The van der Waals surface area contributed by atoms with Gasteiger partial charge < -0.3 is 82.1 Å². The van der Waals surface area contributed by atoms with E-state index in [1.165, 1.54) is 34.1 Å². The summed E-state index contributed by atoms with van der Waals surface area (Å²) in [7, 11) is -10.2. The summed E-state index contributed by atoms with van der Waals surface area (Å²) in [5.41, 5.74) is -4.18. The van der Waals surface area contributed by atoms with E-state index in [2.05, 4.69) is 90.4 Å². The molecule has 9 aromatic rings. The van der Waals surface area contributed by atoms with Crippen LogP contribution in [0.4, 0.5) is 81.2 Å². The van der Waals surface area contributed by atoms with Crippen molar-refractivity contribution in [2.45, 2.75) is 19.6 Å². The Morgan fingerprint density at radius 3 is 1.04 bits per heavy atom. The van der Waals surface area contributed by atoms with E-state index >= 15 is 0 Å². The summed E-state index contributed by atoms with van der Waals surface area (Å²) in [6, 6.07) is 17.1. The van der Waals surface area contributed by atoms with Crippen molar-refractivity contribution in [2.24, 2.45) is 20.5 Å². The molecule has 0 spiro atoms. The Morgan fingerprint density at radius 2 is 0.755 bits per heavy atom. The van der Waals surface area contributed by atoms with Crippen LogP contribution in [0.15, 0.2) is 137 Å². The fourth-order valence-corrected chi connectivity index (χ4v) is 11.4. The van der Waals surface area contributed by atoms with Crippen molar-refractivity contribution >= 4 is 171 Å². The predicted molar refractivity (Wildman–Crippen MR) is 353 cm³/mol. The van der Waals surface area contributed by atoms with Crippen LogP contribution in [-0.2, 0) is 39.0 Å². The number of carbonyl (C=O) groups is 4. The minimum absolute atomic E-state index is 0.187. The fourth-order valence-electron chi connectivity index (χ4n) is 9.36. The zero-order valence-electron chi connectivity index (χ0n) is 51.1. The highest BCUT2D eigenvalue weighted by Gasteiger charge is 2.27. The van der Waals surface area contributed by atoms with Gasteiger partial charge in [-0.15, -0.1) is 18.9 Å². The number of nitrogens with zero attached hydrogens (tertiary/aromatic N) is 12. The van der Waals surface area contributed by atoms with E-state index in [0.717, 1.165) is 72.8 Å². The van der Waals surface area contributed by atoms with Crippen molar-refractivity contribution in [1.82, 2.24) is 29.9 Å². The van der Waals surface area contributed by atoms with Crippen molar-refractivity contribution < 1.29 is 125 Å². The SMILES string of the molecule is O=C(O)c1cc(N=Nc2c(SOOO)cc3cc(S(=O)(=O)O)cc(Nc4nc(Nc5ccc(Nc6nc(Nc7cc(S(=O)(=O)O)cc8cc(SOOO)c(N=Nc9cc(C(=O)O)cc(C(=O)O)c9)c(O)c78)nc(N(CCO)CCO)n6)cc5)nc(N(CCO)CCO)n4)c3c2O)cc(C(=O)O)c1. The molecule has 18 N–H and O–H groups in total. The lowest BCUT2D eigenvalue weighted by molar-refractivity contribution is -0.432. The summed E-state index contributed by atoms with van der Waals surface area (Å²) in [6.45, 7) is -2.77. The van der Waals surface area contributed by atoms with Crippen LogP contribution in [-0.4, -0.2) is 194 Å². The molecule has 2 aromatic heterocycles. The molecule has 534 valence electrons. The Bertz CT molecular complexity index is 4650. The predicted octanol–water partition coefficient (Wildman–Crippen LogP) is 7.30. The van der Waals surface area contributed by atoms with Crippen molar-refractivity contribution in [3.8, 4) is 11.5 Å². The maximum atomic E-state index is 12.8. The van der Waals surface area contributed by atoms with Crippen LogP contribution in [0, 0.1) is 0 Å². The first-order valence-corrected chi connectivity index (χ1v) is 32.6. The lowest BCUT2D eigenvalue weighted by atomic mass is 10.1. The number of benzene rings is 7. The van der Waals surface area contributed by atoms with Crippen LogP contribution in [0.3, 0.4) is 0 Å². The molecule has 0 aliphatic rings. The van der Waals surface area contributed by atoms with Gasteiger partial charge in [-0.25, -0.2) is 29.7 Å². The van der Waals surface area contributed by atoms with E-state index in [1.54, 1.807) is 0 Å². The summed E-state index contributed by atoms with van der Waals surface area (Å²) < 4.78 is 81.1. The average Bonchev–Trinajstić information content (AvgIpc) is 0.760. The van der Waals surface area contributed by atoms with Gasteiger partial charge in [-0.1, -0.05) is 10.1 Å². The van der Waals surface area contributed by atoms with E-state index in [4.69, 9.17) is 10.5 Å². The lowest BCUT2D eigenvalue weighted by Crippen LogP contribution is -2.31. The second-order valence-corrected chi connectivity index (χ2v) is 24.7.